The lowest BCUT2D eigenvalue weighted by Gasteiger charge is -2.26. The molecular weight excluding hydrogens is 999 g/mol. The molecule has 3 aromatic carbocycles. The van der Waals surface area contributed by atoms with Crippen LogP contribution in [0.1, 0.15) is 102 Å². The van der Waals surface area contributed by atoms with Gasteiger partial charge in [-0.3, -0.25) is 54.3 Å². The van der Waals surface area contributed by atoms with Crippen molar-refractivity contribution in [3.05, 3.63) is 154 Å². The van der Waals surface area contributed by atoms with Crippen LogP contribution < -0.4 is 16.0 Å². The third-order valence-electron chi connectivity index (χ3n) is 11.3. The van der Waals surface area contributed by atoms with Gasteiger partial charge in [-0.05, 0) is 37.5 Å². The molecule has 3 aromatic rings. The summed E-state index contributed by atoms with van der Waals surface area (Å²) in [6, 6.07) is 17.2. The molecule has 6 rings (SSSR count). The van der Waals surface area contributed by atoms with Gasteiger partial charge in [0.15, 0.2) is 0 Å². The molecule has 3 heterocycles. The Labute approximate surface area is 435 Å². The summed E-state index contributed by atoms with van der Waals surface area (Å²) in [5, 5.41) is 49.7. The maximum Gasteiger partial charge on any atom is 0.339 e. The number of carboxylic acids is 1. The quantitative estimate of drug-likeness (QED) is 0.0439. The Morgan fingerprint density at radius 3 is 1.08 bits per heavy atom. The third-order valence-corrected chi connectivity index (χ3v) is 11.3. The predicted molar refractivity (Wildman–Crippen MR) is 267 cm³/mol. The molecule has 25 nitrogen and oxygen atoms in total. The zero-order valence-electron chi connectivity index (χ0n) is 42.6. The second-order valence-corrected chi connectivity index (χ2v) is 17.2. The smallest absolute Gasteiger partial charge is 0.339 e. The molecule has 3 atom stereocenters. The number of benzene rings is 3. The van der Waals surface area contributed by atoms with Crippen molar-refractivity contribution in [3.63, 3.8) is 0 Å². The van der Waals surface area contributed by atoms with Crippen molar-refractivity contribution in [2.75, 3.05) is 13.6 Å². The number of hydrogen-bond donors (Lipinski definition) is 4. The maximum absolute atomic E-state index is 12.5. The van der Waals surface area contributed by atoms with Crippen LogP contribution in [0.2, 0.25) is 6.82 Å². The molecule has 0 saturated heterocycles. The summed E-state index contributed by atoms with van der Waals surface area (Å²) >= 11 is 0. The van der Waals surface area contributed by atoms with Gasteiger partial charge in [0.1, 0.15) is 0 Å². The number of nitrogens with one attached hydrogen (secondary N) is 3. The number of nitrogens with zero attached hydrogens (tertiary/aromatic N) is 3. The highest BCUT2D eigenvalue weighted by molar-refractivity contribution is 6.05. The van der Waals surface area contributed by atoms with Crippen molar-refractivity contribution < 1.29 is 77.2 Å². The number of hydrogen-bond acceptors (Lipinski definition) is 18. The zero-order valence-corrected chi connectivity index (χ0v) is 42.6. The minimum Gasteiger partial charge on any atom is -0.478 e. The SMILES string of the molecule is CC1=C(C(=O)O)[C@@H](c2cccc([N+](=O)[O-])c2)CC(=O)N1.CC1=C(C(=O)OCOC(=O)C(C)C)C(c2cccc([N+](=O)[O-])c2)CC(=O)N1.CC1=C(C(=O)OCOC(=O)C(C)C)[C@H](c2cccc([N+](=O)[O-])c2)CC(=O)N1.[B]C. The van der Waals surface area contributed by atoms with Crippen molar-refractivity contribution in [1.82, 2.24) is 16.0 Å². The van der Waals surface area contributed by atoms with Crippen molar-refractivity contribution in [1.29, 1.82) is 0 Å². The first-order chi connectivity index (χ1) is 35.8. The van der Waals surface area contributed by atoms with Crippen molar-refractivity contribution >= 4 is 72.5 Å². The Kier molecular flexibility index (Phi) is 22.9. The van der Waals surface area contributed by atoms with Gasteiger partial charge in [-0.2, -0.15) is 0 Å². The number of amides is 3. The first-order valence-electron chi connectivity index (χ1n) is 23.0. The minimum atomic E-state index is -1.14. The highest BCUT2D eigenvalue weighted by atomic mass is 16.7. The standard InChI is InChI=1S/2C18H20N2O7.C13H12N2O5.CH3B/c2*1-10(2)17(22)26-9-27-18(23)16-11(3)19-15(21)8-14(16)12-5-4-6-13(7-12)20(24)25;1-7-12(13(17)18)10(6-11(16)14-7)8-3-2-4-9(5-8)15(19)20;1-2/h2*4-7,10,14H,8-9H2,1-3H3,(H,19,21);2-5,10H,6H2,1H3,(H,14,16)(H,17,18);1H3/t14-;;10-;/m0.1./s1. The molecule has 3 amide bonds. The van der Waals surface area contributed by atoms with E-state index in [1.165, 1.54) is 82.2 Å². The molecule has 2 radical (unpaired) electrons. The van der Waals surface area contributed by atoms with Crippen LogP contribution in [0.15, 0.2) is 107 Å². The lowest BCUT2D eigenvalue weighted by Crippen LogP contribution is -2.34. The predicted octanol–water partition coefficient (Wildman–Crippen LogP) is 6.10. The van der Waals surface area contributed by atoms with E-state index in [1.807, 2.05) is 0 Å². The number of carbonyl (C=O) groups excluding carboxylic acids is 7. The van der Waals surface area contributed by atoms with Gasteiger partial charge in [-0.25, -0.2) is 14.4 Å². The van der Waals surface area contributed by atoms with E-state index in [4.69, 9.17) is 18.9 Å². The van der Waals surface area contributed by atoms with Crippen molar-refractivity contribution in [3.8, 4) is 0 Å². The van der Waals surface area contributed by atoms with Crippen molar-refractivity contribution in [2.45, 2.75) is 92.3 Å². The molecule has 3 aliphatic heterocycles. The number of aliphatic carboxylic acids is 1. The van der Waals surface area contributed by atoms with Crippen LogP contribution in [0.5, 0.6) is 0 Å². The maximum atomic E-state index is 12.5. The van der Waals surface area contributed by atoms with E-state index in [1.54, 1.807) is 45.9 Å². The van der Waals surface area contributed by atoms with Gasteiger partial charge in [0.2, 0.25) is 31.3 Å². The normalized spacial score (nSPS) is 16.9. The summed E-state index contributed by atoms with van der Waals surface area (Å²) in [6.07, 6.45) is -0.163. The molecule has 0 aliphatic carbocycles. The molecule has 402 valence electrons. The lowest BCUT2D eigenvalue weighted by molar-refractivity contribution is -0.385. The van der Waals surface area contributed by atoms with E-state index in [9.17, 15) is 73.8 Å². The van der Waals surface area contributed by atoms with Gasteiger partial charge < -0.3 is 40.0 Å². The molecule has 4 N–H and O–H groups in total. The van der Waals surface area contributed by atoms with E-state index in [2.05, 4.69) is 23.8 Å². The summed E-state index contributed by atoms with van der Waals surface area (Å²) in [5.74, 6) is -7.43. The van der Waals surface area contributed by atoms with Gasteiger partial charge >= 0.3 is 29.8 Å². The zero-order chi connectivity index (χ0) is 57.1. The Hall–Kier alpha value is -9.10. The van der Waals surface area contributed by atoms with Gasteiger partial charge in [-0.1, -0.05) is 70.9 Å². The van der Waals surface area contributed by atoms with E-state index in [0.717, 1.165) is 0 Å². The number of non-ortho nitro benzene ring substituents is 3. The first-order valence-corrected chi connectivity index (χ1v) is 23.0. The molecule has 3 aliphatic rings. The fourth-order valence-corrected chi connectivity index (χ4v) is 7.72. The fraction of sp³-hybridized carbons (Fsp3) is 0.360. The summed E-state index contributed by atoms with van der Waals surface area (Å²) in [7, 11) is 4.50. The molecule has 0 spiro atoms. The van der Waals surface area contributed by atoms with Gasteiger partial charge in [-0.15, -0.1) is 0 Å². The molecule has 0 fully saturated rings. The largest absolute Gasteiger partial charge is 0.478 e. The average Bonchev–Trinajstić information content (AvgIpc) is 3.36. The second kappa shape index (κ2) is 28.4. The lowest BCUT2D eigenvalue weighted by atomic mass is 9.84. The third kappa shape index (κ3) is 17.0. The van der Waals surface area contributed by atoms with Crippen LogP contribution in [0.25, 0.3) is 0 Å². The number of carbonyl (C=O) groups is 8. The van der Waals surface area contributed by atoms with Crippen LogP contribution >= 0.6 is 0 Å². The number of nitro benzene ring substituents is 3. The molecule has 26 heteroatoms. The summed E-state index contributed by atoms with van der Waals surface area (Å²) in [5.41, 5.74) is 2.17. The van der Waals surface area contributed by atoms with E-state index in [-0.39, 0.29) is 88.3 Å². The second-order valence-electron chi connectivity index (χ2n) is 17.2. The van der Waals surface area contributed by atoms with Crippen LogP contribution in [-0.4, -0.2) is 88.9 Å². The van der Waals surface area contributed by atoms with Crippen LogP contribution in [-0.2, 0) is 57.3 Å². The molecule has 0 aromatic heterocycles. The molecule has 0 saturated carbocycles. The topological polar surface area (TPSA) is 359 Å². The number of carboxylic acid groups (broad SMARTS) is 1. The van der Waals surface area contributed by atoms with Crippen LogP contribution in [0, 0.1) is 42.2 Å². The van der Waals surface area contributed by atoms with Gasteiger partial charge in [0, 0.05) is 90.5 Å². The highest BCUT2D eigenvalue weighted by Gasteiger charge is 2.36. The van der Waals surface area contributed by atoms with Gasteiger partial charge in [0.05, 0.1) is 51.2 Å². The Morgan fingerprint density at radius 1 is 0.539 bits per heavy atom. The molecule has 0 bridgehead atoms. The van der Waals surface area contributed by atoms with E-state index >= 15 is 0 Å². The minimum absolute atomic E-state index is 0.0415. The first kappa shape index (κ1) is 61.2. The molecular formula is C50H55BN6O19. The monoisotopic (exact) mass is 1050 g/mol. The summed E-state index contributed by atoms with van der Waals surface area (Å²) in [6.45, 7) is 11.6. The van der Waals surface area contributed by atoms with Gasteiger partial charge in [0.25, 0.3) is 17.1 Å². The number of ether oxygens (including phenoxy) is 4. The summed E-state index contributed by atoms with van der Waals surface area (Å²) < 4.78 is 19.7. The van der Waals surface area contributed by atoms with E-state index < -0.39 is 76.0 Å². The fourth-order valence-electron chi connectivity index (χ4n) is 7.72. The number of allylic oxidation sites excluding steroid dienone is 3. The Bertz CT molecular complexity index is 2740. The van der Waals surface area contributed by atoms with Crippen molar-refractivity contribution in [2.24, 2.45) is 11.8 Å². The van der Waals surface area contributed by atoms with Crippen LogP contribution in [0.4, 0.5) is 17.1 Å². The molecule has 1 unspecified atom stereocenters. The van der Waals surface area contributed by atoms with Crippen LogP contribution in [0.3, 0.4) is 0 Å². The number of nitro groups is 3. The number of rotatable bonds is 15. The summed E-state index contributed by atoms with van der Waals surface area (Å²) in [4.78, 5) is 126. The van der Waals surface area contributed by atoms with E-state index in [0.29, 0.717) is 28.1 Å². The Balaban J connectivity index is 0.000000299. The Morgan fingerprint density at radius 2 is 0.816 bits per heavy atom. The highest BCUT2D eigenvalue weighted by Crippen LogP contribution is 2.37. The molecule has 76 heavy (non-hydrogen) atoms. The number of esters is 4. The average molecular weight is 1050 g/mol.